The van der Waals surface area contributed by atoms with E-state index in [9.17, 15) is 4.79 Å². The largest absolute Gasteiger partial charge is 0.361 e. The van der Waals surface area contributed by atoms with Gasteiger partial charge in [0.1, 0.15) is 17.1 Å². The maximum absolute atomic E-state index is 12.8. The molecule has 3 aromatic heterocycles. The van der Waals surface area contributed by atoms with Crippen LogP contribution in [0, 0.1) is 18.8 Å². The number of ketones is 1. The van der Waals surface area contributed by atoms with Gasteiger partial charge in [0.2, 0.25) is 0 Å². The van der Waals surface area contributed by atoms with Crippen molar-refractivity contribution in [3.05, 3.63) is 88.7 Å². The Morgan fingerprint density at radius 2 is 1.97 bits per heavy atom. The molecule has 5 nitrogen and oxygen atoms in total. The van der Waals surface area contributed by atoms with Crippen molar-refractivity contribution in [1.29, 1.82) is 0 Å². The summed E-state index contributed by atoms with van der Waals surface area (Å²) in [7, 11) is 0. The normalized spacial score (nSPS) is 11.3. The Hall–Kier alpha value is -3.65. The van der Waals surface area contributed by atoms with Gasteiger partial charge in [0, 0.05) is 28.8 Å². The van der Waals surface area contributed by atoms with Crippen molar-refractivity contribution in [2.75, 3.05) is 0 Å². The molecule has 150 valence electrons. The zero-order valence-electron chi connectivity index (χ0n) is 17.6. The van der Waals surface area contributed by atoms with Crippen molar-refractivity contribution in [2.45, 2.75) is 39.5 Å². The standard InChI is InChI=1S/C25H23N3O2/c1-17-8-9-19(22(29)14-20-15-23(30-27-20)25(2,3)4)13-18(17)10-11-21-16-26-24-7-5-6-12-28(21)24/h5-9,12-13,15-16H,14H2,1-4H3. The van der Waals surface area contributed by atoms with Crippen LogP contribution in [0.2, 0.25) is 0 Å². The van der Waals surface area contributed by atoms with E-state index < -0.39 is 0 Å². The fourth-order valence-electron chi connectivity index (χ4n) is 3.10. The van der Waals surface area contributed by atoms with Gasteiger partial charge in [-0.3, -0.25) is 9.20 Å². The fourth-order valence-corrected chi connectivity index (χ4v) is 3.10. The number of benzene rings is 1. The smallest absolute Gasteiger partial charge is 0.168 e. The Bertz CT molecular complexity index is 1290. The van der Waals surface area contributed by atoms with Gasteiger partial charge in [0.25, 0.3) is 0 Å². The molecule has 0 unspecified atom stereocenters. The molecule has 0 bridgehead atoms. The predicted molar refractivity (Wildman–Crippen MR) is 116 cm³/mol. The molecule has 0 fully saturated rings. The minimum Gasteiger partial charge on any atom is -0.361 e. The number of nitrogens with zero attached hydrogens (tertiary/aromatic N) is 3. The lowest BCUT2D eigenvalue weighted by Gasteiger charge is -2.12. The molecular formula is C25H23N3O2. The van der Waals surface area contributed by atoms with Crippen LogP contribution in [-0.2, 0) is 11.8 Å². The fraction of sp³-hybridized carbons (Fsp3) is 0.240. The molecule has 0 aliphatic heterocycles. The van der Waals surface area contributed by atoms with E-state index in [0.29, 0.717) is 11.3 Å². The van der Waals surface area contributed by atoms with Crippen LogP contribution in [0.15, 0.2) is 59.4 Å². The summed E-state index contributed by atoms with van der Waals surface area (Å²) in [6.07, 6.45) is 3.88. The highest BCUT2D eigenvalue weighted by Gasteiger charge is 2.21. The van der Waals surface area contributed by atoms with Gasteiger partial charge in [0.15, 0.2) is 5.78 Å². The van der Waals surface area contributed by atoms with Gasteiger partial charge in [-0.15, -0.1) is 0 Å². The lowest BCUT2D eigenvalue weighted by Crippen LogP contribution is -2.09. The average molecular weight is 397 g/mol. The highest BCUT2D eigenvalue weighted by atomic mass is 16.5. The molecule has 1 aromatic carbocycles. The van der Waals surface area contributed by atoms with Crippen LogP contribution in [-0.4, -0.2) is 20.3 Å². The third kappa shape index (κ3) is 4.04. The third-order valence-electron chi connectivity index (χ3n) is 4.94. The van der Waals surface area contributed by atoms with Gasteiger partial charge in [0.05, 0.1) is 18.3 Å². The van der Waals surface area contributed by atoms with Crippen LogP contribution >= 0.6 is 0 Å². The number of pyridine rings is 1. The number of fused-ring (bicyclic) bond motifs is 1. The highest BCUT2D eigenvalue weighted by Crippen LogP contribution is 2.23. The topological polar surface area (TPSA) is 60.4 Å². The first-order valence-electron chi connectivity index (χ1n) is 9.85. The van der Waals surface area contributed by atoms with Crippen LogP contribution < -0.4 is 0 Å². The number of hydrogen-bond donors (Lipinski definition) is 0. The zero-order valence-corrected chi connectivity index (χ0v) is 17.6. The van der Waals surface area contributed by atoms with Gasteiger partial charge in [-0.05, 0) is 36.6 Å². The summed E-state index contributed by atoms with van der Waals surface area (Å²) in [5.41, 5.74) is 4.61. The molecule has 3 heterocycles. The van der Waals surface area contributed by atoms with Crippen molar-refractivity contribution < 1.29 is 9.32 Å². The molecule has 4 aromatic rings. The molecule has 0 aliphatic carbocycles. The van der Waals surface area contributed by atoms with E-state index in [1.54, 1.807) is 6.20 Å². The summed E-state index contributed by atoms with van der Waals surface area (Å²) < 4.78 is 7.33. The first kappa shape index (κ1) is 19.7. The molecule has 0 amide bonds. The number of Topliss-reactive ketones (excluding diaryl/α,β-unsaturated/α-hetero) is 1. The summed E-state index contributed by atoms with van der Waals surface area (Å²) >= 11 is 0. The van der Waals surface area contributed by atoms with Crippen LogP contribution in [0.3, 0.4) is 0 Å². The quantitative estimate of drug-likeness (QED) is 0.370. The number of carbonyl (C=O) groups excluding carboxylic acids is 1. The van der Waals surface area contributed by atoms with Crippen LogP contribution in [0.5, 0.6) is 0 Å². The first-order chi connectivity index (χ1) is 14.3. The predicted octanol–water partition coefficient (Wildman–Crippen LogP) is 4.75. The zero-order chi connectivity index (χ0) is 21.3. The Labute approximate surface area is 175 Å². The van der Waals surface area contributed by atoms with Gasteiger partial charge in [-0.1, -0.05) is 50.0 Å². The minimum atomic E-state index is -0.140. The van der Waals surface area contributed by atoms with Crippen molar-refractivity contribution >= 4 is 11.4 Å². The Balaban J connectivity index is 1.58. The van der Waals surface area contributed by atoms with E-state index in [1.165, 1.54) is 0 Å². The molecule has 0 spiro atoms. The number of hydrogen-bond acceptors (Lipinski definition) is 4. The second kappa shape index (κ2) is 7.64. The van der Waals surface area contributed by atoms with Crippen molar-refractivity contribution in [2.24, 2.45) is 0 Å². The number of rotatable bonds is 3. The first-order valence-corrected chi connectivity index (χ1v) is 9.85. The summed E-state index contributed by atoms with van der Waals surface area (Å²) in [5, 5.41) is 4.05. The van der Waals surface area contributed by atoms with E-state index in [2.05, 4.69) is 22.0 Å². The van der Waals surface area contributed by atoms with Crippen LogP contribution in [0.1, 0.15) is 59.4 Å². The summed E-state index contributed by atoms with van der Waals surface area (Å²) in [6, 6.07) is 13.3. The molecule has 0 N–H and O–H groups in total. The van der Waals surface area contributed by atoms with Crippen molar-refractivity contribution in [3.8, 4) is 11.8 Å². The van der Waals surface area contributed by atoms with Crippen molar-refractivity contribution in [1.82, 2.24) is 14.5 Å². The van der Waals surface area contributed by atoms with Gasteiger partial charge < -0.3 is 4.52 Å². The second-order valence-electron chi connectivity index (χ2n) is 8.38. The van der Waals surface area contributed by atoms with E-state index in [4.69, 9.17) is 4.52 Å². The molecular weight excluding hydrogens is 374 g/mol. The maximum Gasteiger partial charge on any atom is 0.168 e. The molecule has 0 radical (unpaired) electrons. The molecule has 0 atom stereocenters. The van der Waals surface area contributed by atoms with E-state index in [0.717, 1.165) is 28.2 Å². The average Bonchev–Trinajstić information content (AvgIpc) is 3.34. The Kier molecular flexibility index (Phi) is 5.01. The second-order valence-corrected chi connectivity index (χ2v) is 8.38. The van der Waals surface area contributed by atoms with Gasteiger partial charge in [-0.25, -0.2) is 4.98 Å². The summed E-state index contributed by atoms with van der Waals surface area (Å²) in [5.74, 6) is 7.13. The Morgan fingerprint density at radius 1 is 1.13 bits per heavy atom. The molecule has 0 aliphatic rings. The number of imidazole rings is 1. The molecule has 0 saturated carbocycles. The SMILES string of the molecule is Cc1ccc(C(=O)Cc2cc(C(C)(C)C)on2)cc1C#Cc1cnc2ccccn12. The number of aromatic nitrogens is 3. The third-order valence-corrected chi connectivity index (χ3v) is 4.94. The van der Waals surface area contributed by atoms with Crippen LogP contribution in [0.25, 0.3) is 5.65 Å². The molecule has 0 saturated heterocycles. The maximum atomic E-state index is 12.8. The highest BCUT2D eigenvalue weighted by molar-refractivity contribution is 5.97. The van der Waals surface area contributed by atoms with Gasteiger partial charge >= 0.3 is 0 Å². The molecule has 4 rings (SSSR count). The lowest BCUT2D eigenvalue weighted by atomic mass is 9.93. The summed E-state index contributed by atoms with van der Waals surface area (Å²) in [6.45, 7) is 8.13. The van der Waals surface area contributed by atoms with Crippen molar-refractivity contribution in [3.63, 3.8) is 0 Å². The van der Waals surface area contributed by atoms with E-state index in [-0.39, 0.29) is 17.6 Å². The molecule has 5 heteroatoms. The summed E-state index contributed by atoms with van der Waals surface area (Å²) in [4.78, 5) is 17.2. The Morgan fingerprint density at radius 3 is 2.73 bits per heavy atom. The lowest BCUT2D eigenvalue weighted by molar-refractivity contribution is 0.0990. The van der Waals surface area contributed by atoms with E-state index >= 15 is 0 Å². The number of carbonyl (C=O) groups is 1. The number of aryl methyl sites for hydroxylation is 1. The monoisotopic (exact) mass is 397 g/mol. The van der Waals surface area contributed by atoms with E-state index in [1.807, 2.05) is 80.8 Å². The minimum absolute atomic E-state index is 0.0124. The molecule has 30 heavy (non-hydrogen) atoms. The van der Waals surface area contributed by atoms with Crippen LogP contribution in [0.4, 0.5) is 0 Å². The van der Waals surface area contributed by atoms with Gasteiger partial charge in [-0.2, -0.15) is 0 Å².